The molecule has 92 valence electrons. The molecule has 0 radical (unpaired) electrons. The number of hydrogen-bond acceptors (Lipinski definition) is 4. The summed E-state index contributed by atoms with van der Waals surface area (Å²) in [6.07, 6.45) is 1.74. The van der Waals surface area contributed by atoms with Gasteiger partial charge in [0.25, 0.3) is 0 Å². The third-order valence-corrected chi connectivity index (χ3v) is 2.65. The van der Waals surface area contributed by atoms with Gasteiger partial charge in [-0.2, -0.15) is 0 Å². The van der Waals surface area contributed by atoms with Crippen molar-refractivity contribution in [3.63, 3.8) is 0 Å². The summed E-state index contributed by atoms with van der Waals surface area (Å²) in [5.74, 6) is 0.482. The topological polar surface area (TPSA) is 51.3 Å². The zero-order chi connectivity index (χ0) is 12.9. The van der Waals surface area contributed by atoms with E-state index in [9.17, 15) is 0 Å². The Balaban J connectivity index is 1.91. The van der Waals surface area contributed by atoms with Crippen molar-refractivity contribution >= 4 is 12.0 Å². The first-order chi connectivity index (χ1) is 9.43. The second-order valence-electron chi connectivity index (χ2n) is 3.97. The number of benzene rings is 2. The molecular formula is C15H11N3O. The van der Waals surface area contributed by atoms with Crippen LogP contribution in [0.1, 0.15) is 5.56 Å². The summed E-state index contributed by atoms with van der Waals surface area (Å²) in [7, 11) is 0. The molecule has 0 fully saturated rings. The predicted octanol–water partition coefficient (Wildman–Crippen LogP) is 3.49. The van der Waals surface area contributed by atoms with Crippen molar-refractivity contribution in [2.24, 2.45) is 4.99 Å². The molecule has 0 bridgehead atoms. The summed E-state index contributed by atoms with van der Waals surface area (Å²) in [5.41, 5.74) is 2.58. The van der Waals surface area contributed by atoms with Gasteiger partial charge in [0.05, 0.1) is 0 Å². The van der Waals surface area contributed by atoms with Crippen molar-refractivity contribution in [1.82, 2.24) is 10.3 Å². The van der Waals surface area contributed by atoms with Crippen molar-refractivity contribution in [3.05, 3.63) is 66.2 Å². The smallest absolute Gasteiger partial charge is 0.224 e. The maximum atomic E-state index is 4.77. The highest BCUT2D eigenvalue weighted by Gasteiger charge is 2.10. The van der Waals surface area contributed by atoms with Gasteiger partial charge in [0.15, 0.2) is 5.69 Å². The quantitative estimate of drug-likeness (QED) is 0.667. The molecule has 0 aliphatic carbocycles. The van der Waals surface area contributed by atoms with Crippen molar-refractivity contribution in [3.8, 4) is 11.3 Å². The van der Waals surface area contributed by atoms with E-state index in [1.807, 2.05) is 60.7 Å². The predicted molar refractivity (Wildman–Crippen MR) is 73.4 cm³/mol. The first-order valence-electron chi connectivity index (χ1n) is 5.90. The Morgan fingerprint density at radius 3 is 2.26 bits per heavy atom. The van der Waals surface area contributed by atoms with Crippen LogP contribution in [-0.4, -0.2) is 16.5 Å². The number of hydrogen-bond donors (Lipinski definition) is 0. The van der Waals surface area contributed by atoms with E-state index in [1.165, 1.54) is 0 Å². The monoisotopic (exact) mass is 249 g/mol. The Labute approximate surface area is 110 Å². The van der Waals surface area contributed by atoms with Crippen LogP contribution >= 0.6 is 0 Å². The van der Waals surface area contributed by atoms with Crippen molar-refractivity contribution in [2.45, 2.75) is 0 Å². The number of aromatic nitrogens is 2. The third kappa shape index (κ3) is 2.57. The van der Waals surface area contributed by atoms with Crippen LogP contribution in [-0.2, 0) is 0 Å². The van der Waals surface area contributed by atoms with Gasteiger partial charge in [-0.05, 0) is 15.9 Å². The van der Waals surface area contributed by atoms with Crippen LogP contribution in [0.4, 0.5) is 5.82 Å². The Kier molecular flexibility index (Phi) is 3.14. The summed E-state index contributed by atoms with van der Waals surface area (Å²) < 4.78 is 4.77. The molecule has 0 aliphatic rings. The molecule has 1 aromatic heterocycles. The molecule has 0 unspecified atom stereocenters. The van der Waals surface area contributed by atoms with E-state index in [0.717, 1.165) is 11.1 Å². The molecule has 4 nitrogen and oxygen atoms in total. The van der Waals surface area contributed by atoms with E-state index in [4.69, 9.17) is 4.63 Å². The molecule has 0 N–H and O–H groups in total. The average molecular weight is 249 g/mol. The van der Waals surface area contributed by atoms with Gasteiger partial charge < -0.3 is 0 Å². The average Bonchev–Trinajstić information content (AvgIpc) is 2.95. The molecule has 0 spiro atoms. The lowest BCUT2D eigenvalue weighted by molar-refractivity contribution is 0.310. The fraction of sp³-hybridized carbons (Fsp3) is 0. The highest BCUT2D eigenvalue weighted by Crippen LogP contribution is 2.25. The number of nitrogens with zero attached hydrogens (tertiary/aromatic N) is 3. The van der Waals surface area contributed by atoms with E-state index in [1.54, 1.807) is 6.21 Å². The normalized spacial score (nSPS) is 10.9. The maximum absolute atomic E-state index is 4.77. The van der Waals surface area contributed by atoms with Crippen LogP contribution in [0.5, 0.6) is 0 Å². The van der Waals surface area contributed by atoms with Crippen LogP contribution in [0.2, 0.25) is 0 Å². The minimum absolute atomic E-state index is 0.482. The summed E-state index contributed by atoms with van der Waals surface area (Å²) in [4.78, 5) is 4.32. The Morgan fingerprint density at radius 2 is 1.53 bits per heavy atom. The molecule has 3 rings (SSSR count). The minimum atomic E-state index is 0.482. The van der Waals surface area contributed by atoms with Gasteiger partial charge in [0.1, 0.15) is 0 Å². The Hall–Kier alpha value is -2.75. The fourth-order valence-electron chi connectivity index (χ4n) is 1.72. The molecule has 0 amide bonds. The van der Waals surface area contributed by atoms with Gasteiger partial charge in [-0.25, -0.2) is 9.62 Å². The van der Waals surface area contributed by atoms with Crippen LogP contribution in [0.25, 0.3) is 11.3 Å². The number of aliphatic imine (C=N–C) groups is 1. The summed E-state index contributed by atoms with van der Waals surface area (Å²) in [6.45, 7) is 0. The highest BCUT2D eigenvalue weighted by atomic mass is 16.6. The van der Waals surface area contributed by atoms with Gasteiger partial charge >= 0.3 is 0 Å². The Morgan fingerprint density at radius 1 is 0.842 bits per heavy atom. The summed E-state index contributed by atoms with van der Waals surface area (Å²) >= 11 is 0. The minimum Gasteiger partial charge on any atom is -0.242 e. The zero-order valence-electron chi connectivity index (χ0n) is 10.1. The SMILES string of the molecule is C(=Nc1nonc1-c1ccccc1)c1ccccc1. The first-order valence-corrected chi connectivity index (χ1v) is 5.90. The molecule has 0 atom stereocenters. The lowest BCUT2D eigenvalue weighted by Crippen LogP contribution is -1.80. The number of rotatable bonds is 3. The van der Waals surface area contributed by atoms with Crippen molar-refractivity contribution < 1.29 is 4.63 Å². The second kappa shape index (κ2) is 5.27. The molecule has 0 aliphatic heterocycles. The first kappa shape index (κ1) is 11.3. The molecule has 3 aromatic rings. The van der Waals surface area contributed by atoms with E-state index >= 15 is 0 Å². The van der Waals surface area contributed by atoms with Gasteiger partial charge in [0, 0.05) is 11.8 Å². The molecule has 1 heterocycles. The zero-order valence-corrected chi connectivity index (χ0v) is 10.1. The summed E-state index contributed by atoms with van der Waals surface area (Å²) in [5, 5.41) is 7.72. The van der Waals surface area contributed by atoms with E-state index in [0.29, 0.717) is 11.5 Å². The van der Waals surface area contributed by atoms with Crippen LogP contribution in [0, 0.1) is 0 Å². The maximum Gasteiger partial charge on any atom is 0.224 e. The van der Waals surface area contributed by atoms with Crippen LogP contribution < -0.4 is 0 Å². The molecular weight excluding hydrogens is 238 g/mol. The van der Waals surface area contributed by atoms with Gasteiger partial charge in [-0.1, -0.05) is 60.7 Å². The van der Waals surface area contributed by atoms with Gasteiger partial charge in [0.2, 0.25) is 5.82 Å². The van der Waals surface area contributed by atoms with Gasteiger partial charge in [-0.15, -0.1) is 0 Å². The standard InChI is InChI=1S/C15H11N3O/c1-3-7-12(8-4-1)11-16-15-14(17-19-18-15)13-9-5-2-6-10-13/h1-11H. The van der Waals surface area contributed by atoms with E-state index in [-0.39, 0.29) is 0 Å². The molecule has 0 saturated carbocycles. The molecule has 19 heavy (non-hydrogen) atoms. The van der Waals surface area contributed by atoms with Crippen molar-refractivity contribution in [1.29, 1.82) is 0 Å². The highest BCUT2D eigenvalue weighted by molar-refractivity contribution is 5.83. The third-order valence-electron chi connectivity index (χ3n) is 2.65. The Bertz CT molecular complexity index is 675. The molecule has 0 saturated heterocycles. The van der Waals surface area contributed by atoms with E-state index < -0.39 is 0 Å². The van der Waals surface area contributed by atoms with E-state index in [2.05, 4.69) is 15.3 Å². The lowest BCUT2D eigenvalue weighted by atomic mass is 10.1. The van der Waals surface area contributed by atoms with Crippen LogP contribution in [0.3, 0.4) is 0 Å². The fourth-order valence-corrected chi connectivity index (χ4v) is 1.72. The van der Waals surface area contributed by atoms with Crippen molar-refractivity contribution in [2.75, 3.05) is 0 Å². The summed E-state index contributed by atoms with van der Waals surface area (Å²) in [6, 6.07) is 19.5. The van der Waals surface area contributed by atoms with Gasteiger partial charge in [-0.3, -0.25) is 0 Å². The molecule has 2 aromatic carbocycles. The molecule has 4 heteroatoms. The lowest BCUT2D eigenvalue weighted by Gasteiger charge is -1.94. The largest absolute Gasteiger partial charge is 0.242 e. The van der Waals surface area contributed by atoms with Crippen LogP contribution in [0.15, 0.2) is 70.3 Å². The second-order valence-corrected chi connectivity index (χ2v) is 3.97.